The van der Waals surface area contributed by atoms with E-state index in [0.29, 0.717) is 20.9 Å². The smallest absolute Gasteiger partial charge is 0.263 e. The molecule has 1 saturated heterocycles. The van der Waals surface area contributed by atoms with E-state index < -0.39 is 0 Å². The highest BCUT2D eigenvalue weighted by Gasteiger charge is 2.31. The Hall–Kier alpha value is -3.00. The van der Waals surface area contributed by atoms with Crippen molar-refractivity contribution >= 4 is 44.7 Å². The Labute approximate surface area is 184 Å². The Kier molecular flexibility index (Phi) is 4.89. The molecule has 3 heterocycles. The Balaban J connectivity index is 1.26. The van der Waals surface area contributed by atoms with Gasteiger partial charge >= 0.3 is 0 Å². The first-order valence-electron chi connectivity index (χ1n) is 10.6. The van der Waals surface area contributed by atoms with Crippen molar-refractivity contribution in [1.29, 1.82) is 0 Å². The van der Waals surface area contributed by atoms with Crippen LogP contribution in [0.25, 0.3) is 10.3 Å². The van der Waals surface area contributed by atoms with Gasteiger partial charge in [-0.3, -0.25) is 9.59 Å². The summed E-state index contributed by atoms with van der Waals surface area (Å²) in [5, 5.41) is 3.16. The first kappa shape index (κ1) is 19.9. The monoisotopic (exact) mass is 435 g/mol. The molecule has 3 N–H and O–H groups in total. The van der Waals surface area contributed by atoms with Gasteiger partial charge < -0.3 is 16.0 Å². The van der Waals surface area contributed by atoms with E-state index in [2.05, 4.69) is 38.4 Å². The van der Waals surface area contributed by atoms with Gasteiger partial charge in [-0.25, -0.2) is 9.97 Å². The molecule has 3 aromatic rings. The number of nitrogen functional groups attached to an aromatic ring is 1. The van der Waals surface area contributed by atoms with E-state index in [1.54, 1.807) is 13.1 Å². The minimum absolute atomic E-state index is 0.0734. The van der Waals surface area contributed by atoms with Crippen molar-refractivity contribution in [3.63, 3.8) is 0 Å². The number of ketones is 1. The lowest BCUT2D eigenvalue weighted by Crippen LogP contribution is -2.50. The van der Waals surface area contributed by atoms with E-state index in [0.717, 1.165) is 38.0 Å². The highest BCUT2D eigenvalue weighted by molar-refractivity contribution is 7.21. The van der Waals surface area contributed by atoms with Crippen LogP contribution in [0.1, 0.15) is 39.8 Å². The molecular weight excluding hydrogens is 410 g/mol. The third kappa shape index (κ3) is 3.65. The summed E-state index contributed by atoms with van der Waals surface area (Å²) in [7, 11) is 0. The topological polar surface area (TPSA) is 101 Å². The lowest BCUT2D eigenvalue weighted by atomic mass is 9.87. The van der Waals surface area contributed by atoms with Gasteiger partial charge in [-0.05, 0) is 56.4 Å². The maximum atomic E-state index is 12.9. The number of nitrogens with zero attached hydrogens (tertiary/aromatic N) is 3. The Morgan fingerprint density at radius 3 is 2.84 bits per heavy atom. The molecule has 1 amide bonds. The highest BCUT2D eigenvalue weighted by Crippen LogP contribution is 2.33. The fourth-order valence-electron chi connectivity index (χ4n) is 4.40. The lowest BCUT2D eigenvalue weighted by molar-refractivity contribution is -0.121. The average Bonchev–Trinajstić information content (AvgIpc) is 3.02. The van der Waals surface area contributed by atoms with Crippen molar-refractivity contribution < 1.29 is 9.59 Å². The largest absolute Gasteiger partial charge is 0.396 e. The second-order valence-electron chi connectivity index (χ2n) is 8.59. The molecule has 0 unspecified atom stereocenters. The van der Waals surface area contributed by atoms with Gasteiger partial charge in [0.05, 0.1) is 17.3 Å². The van der Waals surface area contributed by atoms with Crippen LogP contribution in [0.15, 0.2) is 24.4 Å². The number of carbonyl (C=O) groups is 2. The molecule has 1 aliphatic heterocycles. The molecule has 1 aliphatic carbocycles. The number of hydrogen-bond donors (Lipinski definition) is 2. The molecule has 0 spiro atoms. The number of Topliss-reactive ketones (excluding diaryl/α,β-unsaturated/α-hetero) is 1. The van der Waals surface area contributed by atoms with Gasteiger partial charge in [-0.15, -0.1) is 11.3 Å². The lowest BCUT2D eigenvalue weighted by Gasteiger charge is -2.40. The van der Waals surface area contributed by atoms with Crippen molar-refractivity contribution in [3.05, 3.63) is 46.1 Å². The summed E-state index contributed by atoms with van der Waals surface area (Å²) in [5.74, 6) is 0.293. The summed E-state index contributed by atoms with van der Waals surface area (Å²) in [6.07, 6.45) is 4.28. The molecule has 1 aromatic carbocycles. The fraction of sp³-hybridized carbons (Fsp3) is 0.391. The third-order valence-electron chi connectivity index (χ3n) is 6.34. The zero-order valence-corrected chi connectivity index (χ0v) is 18.5. The fourth-order valence-corrected chi connectivity index (χ4v) is 5.40. The molecule has 0 saturated carbocycles. The zero-order valence-electron chi connectivity index (χ0n) is 17.6. The van der Waals surface area contributed by atoms with E-state index in [9.17, 15) is 9.59 Å². The van der Waals surface area contributed by atoms with Crippen molar-refractivity contribution in [2.75, 3.05) is 23.7 Å². The molecule has 1 atom stereocenters. The van der Waals surface area contributed by atoms with Crippen LogP contribution in [0.5, 0.6) is 0 Å². The van der Waals surface area contributed by atoms with Crippen LogP contribution < -0.4 is 16.0 Å². The van der Waals surface area contributed by atoms with E-state index in [4.69, 9.17) is 5.73 Å². The van der Waals surface area contributed by atoms with E-state index in [1.807, 2.05) is 6.92 Å². The van der Waals surface area contributed by atoms with Crippen LogP contribution >= 0.6 is 11.3 Å². The predicted molar refractivity (Wildman–Crippen MR) is 123 cm³/mol. The third-order valence-corrected chi connectivity index (χ3v) is 7.43. The van der Waals surface area contributed by atoms with Gasteiger partial charge in [0.15, 0.2) is 0 Å². The average molecular weight is 436 g/mol. The number of fused-ring (bicyclic) bond motifs is 2. The van der Waals surface area contributed by atoms with E-state index >= 15 is 0 Å². The molecule has 160 valence electrons. The Morgan fingerprint density at radius 2 is 2.06 bits per heavy atom. The minimum Gasteiger partial charge on any atom is -0.396 e. The van der Waals surface area contributed by atoms with Gasteiger partial charge in [-0.2, -0.15) is 0 Å². The van der Waals surface area contributed by atoms with Crippen molar-refractivity contribution in [3.8, 4) is 0 Å². The molecule has 1 fully saturated rings. The molecule has 0 bridgehead atoms. The van der Waals surface area contributed by atoms with Gasteiger partial charge in [0, 0.05) is 31.0 Å². The molecule has 5 rings (SSSR count). The molecule has 2 aliphatic rings. The zero-order chi connectivity index (χ0) is 21.7. The standard InChI is InChI=1S/C23H25N5O2S/c1-12-9-25-20-19(24)21(31-23(20)26-12)22(30)27-17-5-3-15-8-18(6-4-14(15)7-17)28-10-16(11-28)13(2)29/h4,6,8-9,16-17H,3,5,7,10-11,24H2,1-2H3,(H,27,30)/t17-/m0/s1. The summed E-state index contributed by atoms with van der Waals surface area (Å²) in [5.41, 5.74) is 11.8. The van der Waals surface area contributed by atoms with Crippen molar-refractivity contribution in [1.82, 2.24) is 15.3 Å². The first-order valence-corrected chi connectivity index (χ1v) is 11.4. The molecule has 0 radical (unpaired) electrons. The van der Waals surface area contributed by atoms with Gasteiger partial charge in [0.2, 0.25) is 0 Å². The summed E-state index contributed by atoms with van der Waals surface area (Å²) >= 11 is 1.30. The van der Waals surface area contributed by atoms with Crippen LogP contribution in [0.4, 0.5) is 11.4 Å². The quantitative estimate of drug-likeness (QED) is 0.653. The number of hydrogen-bond acceptors (Lipinski definition) is 7. The number of nitrogens with one attached hydrogen (secondary N) is 1. The van der Waals surface area contributed by atoms with Crippen molar-refractivity contribution in [2.24, 2.45) is 5.92 Å². The Bertz CT molecular complexity index is 1200. The van der Waals surface area contributed by atoms with Gasteiger partial charge in [0.25, 0.3) is 5.91 Å². The molecular formula is C23H25N5O2S. The number of carbonyl (C=O) groups excluding carboxylic acids is 2. The number of anilines is 2. The highest BCUT2D eigenvalue weighted by atomic mass is 32.1. The predicted octanol–water partition coefficient (Wildman–Crippen LogP) is 2.89. The number of amides is 1. The summed E-state index contributed by atoms with van der Waals surface area (Å²) < 4.78 is 0. The molecule has 7 nitrogen and oxygen atoms in total. The van der Waals surface area contributed by atoms with Gasteiger partial charge in [0.1, 0.15) is 21.0 Å². The number of thiophene rings is 1. The minimum atomic E-state index is -0.152. The summed E-state index contributed by atoms with van der Waals surface area (Å²) in [4.78, 5) is 36.6. The van der Waals surface area contributed by atoms with E-state index in [-0.39, 0.29) is 23.7 Å². The second kappa shape index (κ2) is 7.60. The Morgan fingerprint density at radius 1 is 1.26 bits per heavy atom. The van der Waals surface area contributed by atoms with Crippen LogP contribution in [0, 0.1) is 12.8 Å². The number of nitrogens with two attached hydrogens (primary N) is 1. The second-order valence-corrected chi connectivity index (χ2v) is 9.59. The number of rotatable bonds is 4. The van der Waals surface area contributed by atoms with Crippen molar-refractivity contribution in [2.45, 2.75) is 39.2 Å². The summed E-state index contributed by atoms with van der Waals surface area (Å²) in [6.45, 7) is 5.17. The molecule has 31 heavy (non-hydrogen) atoms. The van der Waals surface area contributed by atoms with Crippen LogP contribution in [0.2, 0.25) is 0 Å². The van der Waals surface area contributed by atoms with Crippen LogP contribution in [0.3, 0.4) is 0 Å². The molecule has 2 aromatic heterocycles. The van der Waals surface area contributed by atoms with Crippen LogP contribution in [-0.4, -0.2) is 40.8 Å². The van der Waals surface area contributed by atoms with Crippen LogP contribution in [-0.2, 0) is 17.6 Å². The molecule has 8 heteroatoms. The van der Waals surface area contributed by atoms with Gasteiger partial charge in [-0.1, -0.05) is 6.07 Å². The maximum Gasteiger partial charge on any atom is 0.263 e. The number of aryl methyl sites for hydroxylation is 2. The van der Waals surface area contributed by atoms with E-state index in [1.165, 1.54) is 28.2 Å². The maximum absolute atomic E-state index is 12.9. The summed E-state index contributed by atoms with van der Waals surface area (Å²) in [6, 6.07) is 6.61. The first-order chi connectivity index (χ1) is 14.9. The number of benzene rings is 1. The number of aromatic nitrogens is 2. The SMILES string of the molecule is CC(=O)C1CN(c2ccc3c(c2)CC[C@H](NC(=O)c2sc4nc(C)cnc4c2N)C3)C1. The normalized spacial score (nSPS) is 18.5.